The van der Waals surface area contributed by atoms with E-state index in [0.717, 1.165) is 24.6 Å². The molecule has 1 saturated carbocycles. The number of hydrogen-bond acceptors (Lipinski definition) is 3. The maximum Gasteiger partial charge on any atom is 0.313 e. The summed E-state index contributed by atoms with van der Waals surface area (Å²) in [6.07, 6.45) is 2.20. The first-order valence-corrected chi connectivity index (χ1v) is 6.75. The van der Waals surface area contributed by atoms with E-state index >= 15 is 0 Å². The van der Waals surface area contributed by atoms with Gasteiger partial charge in [0, 0.05) is 6.04 Å². The van der Waals surface area contributed by atoms with Gasteiger partial charge < -0.3 is 10.4 Å². The normalized spacial score (nSPS) is 29.0. The van der Waals surface area contributed by atoms with Gasteiger partial charge in [-0.1, -0.05) is 13.8 Å². The molecule has 0 aromatic rings. The molecule has 1 aliphatic carbocycles. The summed E-state index contributed by atoms with van der Waals surface area (Å²) in [6.45, 7) is 4.36. The van der Waals surface area contributed by atoms with Crippen LogP contribution >= 0.6 is 11.8 Å². The zero-order valence-electron chi connectivity index (χ0n) is 9.73. The lowest BCUT2D eigenvalue weighted by Gasteiger charge is -2.19. The van der Waals surface area contributed by atoms with Crippen LogP contribution in [0.1, 0.15) is 26.7 Å². The number of amides is 1. The Hall–Kier alpha value is -0.710. The van der Waals surface area contributed by atoms with E-state index in [1.54, 1.807) is 0 Å². The molecule has 4 nitrogen and oxygen atoms in total. The molecule has 3 unspecified atom stereocenters. The third kappa shape index (κ3) is 4.04. The minimum absolute atomic E-state index is 0.00988. The Bertz CT molecular complexity index is 270. The summed E-state index contributed by atoms with van der Waals surface area (Å²) in [7, 11) is 0. The highest BCUT2D eigenvalue weighted by molar-refractivity contribution is 8.00. The Kier molecular flexibility index (Phi) is 5.12. The Balaban J connectivity index is 2.21. The lowest BCUT2D eigenvalue weighted by atomic mass is 9.98. The van der Waals surface area contributed by atoms with Gasteiger partial charge in [0.15, 0.2) is 0 Å². The number of nitrogens with one attached hydrogen (secondary N) is 1. The van der Waals surface area contributed by atoms with E-state index < -0.39 is 5.97 Å². The second-order valence-electron chi connectivity index (χ2n) is 4.47. The number of carboxylic acids is 1. The van der Waals surface area contributed by atoms with Crippen LogP contribution in [0.5, 0.6) is 0 Å². The Labute approximate surface area is 100 Å². The topological polar surface area (TPSA) is 66.4 Å². The highest BCUT2D eigenvalue weighted by Crippen LogP contribution is 2.30. The number of carboxylic acid groups (broad SMARTS) is 1. The Morgan fingerprint density at radius 3 is 2.50 bits per heavy atom. The molecule has 3 atom stereocenters. The molecule has 16 heavy (non-hydrogen) atoms. The highest BCUT2D eigenvalue weighted by Gasteiger charge is 2.30. The number of carbonyl (C=O) groups excluding carboxylic acids is 1. The van der Waals surface area contributed by atoms with Crippen molar-refractivity contribution in [2.24, 2.45) is 11.8 Å². The third-order valence-electron chi connectivity index (χ3n) is 3.27. The van der Waals surface area contributed by atoms with Crippen LogP contribution in [0.25, 0.3) is 0 Å². The van der Waals surface area contributed by atoms with Crippen molar-refractivity contribution < 1.29 is 14.7 Å². The monoisotopic (exact) mass is 245 g/mol. The van der Waals surface area contributed by atoms with Crippen LogP contribution in [0.2, 0.25) is 0 Å². The van der Waals surface area contributed by atoms with E-state index in [1.165, 1.54) is 0 Å². The fourth-order valence-corrected chi connectivity index (χ4v) is 2.59. The van der Waals surface area contributed by atoms with Crippen molar-refractivity contribution in [3.8, 4) is 0 Å². The van der Waals surface area contributed by atoms with Crippen LogP contribution in [0, 0.1) is 11.8 Å². The predicted molar refractivity (Wildman–Crippen MR) is 64.5 cm³/mol. The molecule has 2 N–H and O–H groups in total. The summed E-state index contributed by atoms with van der Waals surface area (Å²) < 4.78 is 0. The fraction of sp³-hybridized carbons (Fsp3) is 0.818. The molecule has 0 spiro atoms. The third-order valence-corrected chi connectivity index (χ3v) is 4.19. The van der Waals surface area contributed by atoms with Gasteiger partial charge in [0.05, 0.1) is 11.5 Å². The smallest absolute Gasteiger partial charge is 0.313 e. The molecule has 0 bridgehead atoms. The molecule has 0 aromatic heterocycles. The summed E-state index contributed by atoms with van der Waals surface area (Å²) in [5.74, 6) is 0.497. The van der Waals surface area contributed by atoms with E-state index in [-0.39, 0.29) is 23.5 Å². The second-order valence-corrected chi connectivity index (χ2v) is 5.46. The van der Waals surface area contributed by atoms with Gasteiger partial charge in [-0.2, -0.15) is 0 Å². The molecular formula is C11H19NO3S. The van der Waals surface area contributed by atoms with Gasteiger partial charge in [-0.25, -0.2) is 0 Å². The average Bonchev–Trinajstić information content (AvgIpc) is 2.49. The molecular weight excluding hydrogens is 226 g/mol. The molecule has 0 aliphatic heterocycles. The lowest BCUT2D eigenvalue weighted by Crippen LogP contribution is -2.38. The van der Waals surface area contributed by atoms with E-state index in [9.17, 15) is 9.59 Å². The number of rotatable bonds is 5. The van der Waals surface area contributed by atoms with Crippen LogP contribution in [0.15, 0.2) is 0 Å². The van der Waals surface area contributed by atoms with E-state index in [0.29, 0.717) is 11.8 Å². The number of hydrogen-bond donors (Lipinski definition) is 2. The number of carbonyl (C=O) groups is 2. The van der Waals surface area contributed by atoms with Crippen LogP contribution in [0.3, 0.4) is 0 Å². The molecule has 0 heterocycles. The van der Waals surface area contributed by atoms with Gasteiger partial charge >= 0.3 is 5.97 Å². The van der Waals surface area contributed by atoms with Crippen molar-refractivity contribution in [1.82, 2.24) is 5.32 Å². The lowest BCUT2D eigenvalue weighted by molar-refractivity contribution is -0.133. The van der Waals surface area contributed by atoms with Gasteiger partial charge in [0.25, 0.3) is 0 Å². The molecule has 1 rings (SSSR count). The first-order chi connectivity index (χ1) is 7.50. The van der Waals surface area contributed by atoms with Crippen molar-refractivity contribution in [2.45, 2.75) is 32.7 Å². The zero-order chi connectivity index (χ0) is 12.1. The number of aliphatic carboxylic acids is 1. The molecule has 0 aromatic carbocycles. The summed E-state index contributed by atoms with van der Waals surface area (Å²) >= 11 is 1.14. The average molecular weight is 245 g/mol. The van der Waals surface area contributed by atoms with Crippen molar-refractivity contribution in [3.63, 3.8) is 0 Å². The maximum absolute atomic E-state index is 11.5. The van der Waals surface area contributed by atoms with Crippen LogP contribution < -0.4 is 5.32 Å². The van der Waals surface area contributed by atoms with Crippen molar-refractivity contribution in [2.75, 3.05) is 11.5 Å². The molecule has 1 amide bonds. The summed E-state index contributed by atoms with van der Waals surface area (Å²) in [5, 5.41) is 11.4. The van der Waals surface area contributed by atoms with Crippen LogP contribution in [-0.4, -0.2) is 34.5 Å². The van der Waals surface area contributed by atoms with Gasteiger partial charge in [-0.05, 0) is 24.7 Å². The molecule has 0 saturated heterocycles. The summed E-state index contributed by atoms with van der Waals surface area (Å²) in [5.41, 5.74) is 0. The quantitative estimate of drug-likeness (QED) is 0.767. The second kappa shape index (κ2) is 6.13. The van der Waals surface area contributed by atoms with Crippen molar-refractivity contribution in [1.29, 1.82) is 0 Å². The molecule has 0 radical (unpaired) electrons. The summed E-state index contributed by atoms with van der Waals surface area (Å²) in [4.78, 5) is 21.8. The van der Waals surface area contributed by atoms with E-state index in [2.05, 4.69) is 19.2 Å². The van der Waals surface area contributed by atoms with Gasteiger partial charge in [0.1, 0.15) is 0 Å². The standard InChI is InChI=1S/C11H19NO3S/c1-7-3-4-9(8(7)2)12-10(13)5-16-6-11(14)15/h7-9H,3-6H2,1-2H3,(H,12,13)(H,14,15). The largest absolute Gasteiger partial charge is 0.481 e. The molecule has 1 fully saturated rings. The fourth-order valence-electron chi connectivity index (χ4n) is 2.05. The first-order valence-electron chi connectivity index (χ1n) is 5.59. The van der Waals surface area contributed by atoms with Crippen molar-refractivity contribution in [3.05, 3.63) is 0 Å². The van der Waals surface area contributed by atoms with Gasteiger partial charge in [-0.15, -0.1) is 11.8 Å². The Morgan fingerprint density at radius 1 is 1.31 bits per heavy atom. The van der Waals surface area contributed by atoms with Gasteiger partial charge in [0.2, 0.25) is 5.91 Å². The minimum Gasteiger partial charge on any atom is -0.481 e. The Morgan fingerprint density at radius 2 is 2.00 bits per heavy atom. The highest BCUT2D eigenvalue weighted by atomic mass is 32.2. The predicted octanol–water partition coefficient (Wildman–Crippen LogP) is 1.35. The minimum atomic E-state index is -0.874. The molecule has 5 heteroatoms. The SMILES string of the molecule is CC1CCC(NC(=O)CSCC(=O)O)C1C. The zero-order valence-corrected chi connectivity index (χ0v) is 10.5. The van der Waals surface area contributed by atoms with Crippen molar-refractivity contribution >= 4 is 23.6 Å². The maximum atomic E-state index is 11.5. The summed E-state index contributed by atoms with van der Waals surface area (Å²) in [6, 6.07) is 0.271. The van der Waals surface area contributed by atoms with Gasteiger partial charge in [-0.3, -0.25) is 9.59 Å². The molecule has 1 aliphatic rings. The van der Waals surface area contributed by atoms with E-state index in [4.69, 9.17) is 5.11 Å². The van der Waals surface area contributed by atoms with Crippen LogP contribution in [-0.2, 0) is 9.59 Å². The number of thioether (sulfide) groups is 1. The first kappa shape index (κ1) is 13.4. The molecule has 92 valence electrons. The van der Waals surface area contributed by atoms with Crippen LogP contribution in [0.4, 0.5) is 0 Å². The van der Waals surface area contributed by atoms with E-state index in [1.807, 2.05) is 0 Å².